The van der Waals surface area contributed by atoms with Crippen molar-refractivity contribution in [1.82, 2.24) is 5.32 Å². The molecule has 0 aromatic rings. The van der Waals surface area contributed by atoms with Crippen molar-refractivity contribution >= 4 is 5.91 Å². The van der Waals surface area contributed by atoms with Crippen LogP contribution in [0.2, 0.25) is 0 Å². The molecule has 14 heavy (non-hydrogen) atoms. The Labute approximate surface area is 85.1 Å². The van der Waals surface area contributed by atoms with Gasteiger partial charge in [-0.3, -0.25) is 4.79 Å². The van der Waals surface area contributed by atoms with Gasteiger partial charge in [0.05, 0.1) is 0 Å². The third kappa shape index (κ3) is 2.06. The molecule has 1 heterocycles. The molecule has 0 fully saturated rings. The highest BCUT2D eigenvalue weighted by Gasteiger charge is 2.16. The fourth-order valence-corrected chi connectivity index (χ4v) is 2.18. The van der Waals surface area contributed by atoms with E-state index in [2.05, 4.69) is 11.4 Å². The maximum atomic E-state index is 11.5. The quantitative estimate of drug-likeness (QED) is 0.586. The van der Waals surface area contributed by atoms with Crippen molar-refractivity contribution < 1.29 is 4.79 Å². The van der Waals surface area contributed by atoms with Gasteiger partial charge in [0.25, 0.3) is 0 Å². The Morgan fingerprint density at radius 3 is 2.93 bits per heavy atom. The highest BCUT2D eigenvalue weighted by Crippen LogP contribution is 2.27. The Bertz CT molecular complexity index is 312. The van der Waals surface area contributed by atoms with Crippen LogP contribution in [0, 0.1) is 0 Å². The lowest BCUT2D eigenvalue weighted by atomic mass is 9.92. The van der Waals surface area contributed by atoms with Crippen LogP contribution in [0.25, 0.3) is 0 Å². The van der Waals surface area contributed by atoms with E-state index in [4.69, 9.17) is 0 Å². The van der Waals surface area contributed by atoms with Crippen LogP contribution in [0.15, 0.2) is 22.9 Å². The Balaban J connectivity index is 2.23. The highest BCUT2D eigenvalue weighted by atomic mass is 16.1. The Kier molecular flexibility index (Phi) is 2.71. The standard InChI is InChI=1S/C12H17NO/c1-9-6-7-10-4-2-3-5-11(10)13-12(14)8-9/h6H,2-5,7-8H2,1H3,(H,13,14). The monoisotopic (exact) mass is 191 g/mol. The van der Waals surface area contributed by atoms with Crippen LogP contribution in [0.5, 0.6) is 0 Å². The van der Waals surface area contributed by atoms with Crippen LogP contribution in [-0.2, 0) is 4.79 Å². The van der Waals surface area contributed by atoms with Gasteiger partial charge in [-0.05, 0) is 44.6 Å². The second kappa shape index (κ2) is 3.99. The summed E-state index contributed by atoms with van der Waals surface area (Å²) in [6.07, 6.45) is 8.55. The van der Waals surface area contributed by atoms with Crippen molar-refractivity contribution in [3.05, 3.63) is 22.9 Å². The summed E-state index contributed by atoms with van der Waals surface area (Å²) in [6.45, 7) is 2.04. The van der Waals surface area contributed by atoms with E-state index in [1.54, 1.807) is 0 Å². The predicted octanol–water partition coefficient (Wildman–Crippen LogP) is 2.67. The lowest BCUT2D eigenvalue weighted by Gasteiger charge is -2.22. The topological polar surface area (TPSA) is 29.1 Å². The Morgan fingerprint density at radius 2 is 2.07 bits per heavy atom. The normalized spacial score (nSPS) is 23.2. The van der Waals surface area contributed by atoms with Gasteiger partial charge < -0.3 is 5.32 Å². The van der Waals surface area contributed by atoms with Gasteiger partial charge in [-0.2, -0.15) is 0 Å². The van der Waals surface area contributed by atoms with Gasteiger partial charge >= 0.3 is 0 Å². The summed E-state index contributed by atoms with van der Waals surface area (Å²) < 4.78 is 0. The van der Waals surface area contributed by atoms with Crippen LogP contribution >= 0.6 is 0 Å². The molecule has 1 aliphatic carbocycles. The van der Waals surface area contributed by atoms with E-state index in [1.165, 1.54) is 36.1 Å². The number of amides is 1. The maximum Gasteiger partial charge on any atom is 0.228 e. The van der Waals surface area contributed by atoms with Crippen molar-refractivity contribution in [2.45, 2.75) is 45.4 Å². The number of carbonyl (C=O) groups is 1. The number of carbonyl (C=O) groups excluding carboxylic acids is 1. The maximum absolute atomic E-state index is 11.5. The molecular weight excluding hydrogens is 174 g/mol. The lowest BCUT2D eigenvalue weighted by molar-refractivity contribution is -0.119. The molecule has 0 unspecified atom stereocenters. The minimum atomic E-state index is 0.160. The van der Waals surface area contributed by atoms with Crippen molar-refractivity contribution in [2.24, 2.45) is 0 Å². The third-order valence-electron chi connectivity index (χ3n) is 3.01. The van der Waals surface area contributed by atoms with Crippen LogP contribution in [0.4, 0.5) is 0 Å². The van der Waals surface area contributed by atoms with E-state index < -0.39 is 0 Å². The second-order valence-electron chi connectivity index (χ2n) is 4.27. The summed E-state index contributed by atoms with van der Waals surface area (Å²) in [5.74, 6) is 0.160. The van der Waals surface area contributed by atoms with E-state index in [1.807, 2.05) is 6.92 Å². The van der Waals surface area contributed by atoms with Crippen molar-refractivity contribution in [1.29, 1.82) is 0 Å². The van der Waals surface area contributed by atoms with Crippen LogP contribution in [0.3, 0.4) is 0 Å². The molecule has 2 aliphatic rings. The molecule has 1 N–H and O–H groups in total. The van der Waals surface area contributed by atoms with E-state index in [0.717, 1.165) is 12.8 Å². The molecule has 76 valence electrons. The van der Waals surface area contributed by atoms with Crippen molar-refractivity contribution in [3.8, 4) is 0 Å². The van der Waals surface area contributed by atoms with E-state index >= 15 is 0 Å². The average molecular weight is 191 g/mol. The van der Waals surface area contributed by atoms with E-state index in [9.17, 15) is 4.79 Å². The molecule has 1 amide bonds. The molecule has 0 atom stereocenters. The van der Waals surface area contributed by atoms with Gasteiger partial charge in [0.2, 0.25) is 5.91 Å². The van der Waals surface area contributed by atoms with Crippen LogP contribution in [0.1, 0.15) is 45.4 Å². The minimum Gasteiger partial charge on any atom is -0.330 e. The summed E-state index contributed by atoms with van der Waals surface area (Å²) in [7, 11) is 0. The van der Waals surface area contributed by atoms with Gasteiger partial charge in [0.15, 0.2) is 0 Å². The highest BCUT2D eigenvalue weighted by molar-refractivity contribution is 5.80. The van der Waals surface area contributed by atoms with Crippen molar-refractivity contribution in [3.63, 3.8) is 0 Å². The van der Waals surface area contributed by atoms with Crippen LogP contribution < -0.4 is 5.32 Å². The molecule has 0 aromatic heterocycles. The van der Waals surface area contributed by atoms with Crippen LogP contribution in [-0.4, -0.2) is 5.91 Å². The van der Waals surface area contributed by atoms with Gasteiger partial charge in [0, 0.05) is 12.1 Å². The Hall–Kier alpha value is -1.05. The summed E-state index contributed by atoms with van der Waals surface area (Å²) in [5.41, 5.74) is 3.85. The SMILES string of the molecule is CC1=CCC2=C(CCCC2)NC(=O)C1. The van der Waals surface area contributed by atoms with Gasteiger partial charge in [0.1, 0.15) is 0 Å². The molecule has 1 aliphatic heterocycles. The fraction of sp³-hybridized carbons (Fsp3) is 0.583. The predicted molar refractivity (Wildman–Crippen MR) is 56.6 cm³/mol. The van der Waals surface area contributed by atoms with E-state index in [0.29, 0.717) is 6.42 Å². The van der Waals surface area contributed by atoms with Gasteiger partial charge in [-0.1, -0.05) is 11.6 Å². The molecule has 2 rings (SSSR count). The number of hydrogen-bond donors (Lipinski definition) is 1. The summed E-state index contributed by atoms with van der Waals surface area (Å²) in [5, 5.41) is 3.05. The lowest BCUT2D eigenvalue weighted by Crippen LogP contribution is -2.26. The second-order valence-corrected chi connectivity index (χ2v) is 4.27. The summed E-state index contributed by atoms with van der Waals surface area (Å²) >= 11 is 0. The first-order valence-corrected chi connectivity index (χ1v) is 5.42. The van der Waals surface area contributed by atoms with Crippen molar-refractivity contribution in [2.75, 3.05) is 0 Å². The largest absolute Gasteiger partial charge is 0.330 e. The molecule has 0 saturated carbocycles. The smallest absolute Gasteiger partial charge is 0.228 e. The number of nitrogens with one attached hydrogen (secondary N) is 1. The molecule has 0 aromatic carbocycles. The molecule has 0 saturated heterocycles. The molecular formula is C12H17NO. The third-order valence-corrected chi connectivity index (χ3v) is 3.01. The first-order valence-electron chi connectivity index (χ1n) is 5.42. The number of rotatable bonds is 0. The number of hydrogen-bond acceptors (Lipinski definition) is 1. The number of allylic oxidation sites excluding steroid dienone is 3. The average Bonchev–Trinajstić information content (AvgIpc) is 2.14. The molecule has 0 bridgehead atoms. The Morgan fingerprint density at radius 1 is 1.29 bits per heavy atom. The molecule has 0 radical (unpaired) electrons. The summed E-state index contributed by atoms with van der Waals surface area (Å²) in [4.78, 5) is 11.5. The van der Waals surface area contributed by atoms with E-state index in [-0.39, 0.29) is 5.91 Å². The summed E-state index contributed by atoms with van der Waals surface area (Å²) in [6, 6.07) is 0. The zero-order valence-corrected chi connectivity index (χ0v) is 8.73. The zero-order valence-electron chi connectivity index (χ0n) is 8.73. The molecule has 2 nitrogen and oxygen atoms in total. The van der Waals surface area contributed by atoms with Gasteiger partial charge in [-0.25, -0.2) is 0 Å². The molecule has 2 heteroatoms. The molecule has 0 spiro atoms. The minimum absolute atomic E-state index is 0.160. The zero-order chi connectivity index (χ0) is 9.97. The first-order chi connectivity index (χ1) is 6.75. The fourth-order valence-electron chi connectivity index (χ4n) is 2.18. The van der Waals surface area contributed by atoms with Gasteiger partial charge in [-0.15, -0.1) is 0 Å². The first kappa shape index (κ1) is 9.50.